The Balaban J connectivity index is 1.60. The van der Waals surface area contributed by atoms with Gasteiger partial charge in [-0.05, 0) is 56.7 Å². The molecule has 2 aromatic carbocycles. The second-order valence-corrected chi connectivity index (χ2v) is 9.52. The van der Waals surface area contributed by atoms with Gasteiger partial charge in [-0.15, -0.1) is 11.8 Å². The third kappa shape index (κ3) is 5.88. The number of nitrogens with one attached hydrogen (secondary N) is 1. The first kappa shape index (κ1) is 23.8. The molecule has 0 aliphatic heterocycles. The number of carbonyl (C=O) groups is 1. The molecule has 3 aromatic rings. The van der Waals surface area contributed by atoms with Crippen molar-refractivity contribution in [3.05, 3.63) is 77.0 Å². The predicted octanol–water partition coefficient (Wildman–Crippen LogP) is 6.98. The molecule has 0 radical (unpaired) electrons. The van der Waals surface area contributed by atoms with Crippen LogP contribution in [0.3, 0.4) is 0 Å². The molecule has 4 nitrogen and oxygen atoms in total. The molecule has 0 saturated heterocycles. The molecule has 0 amide bonds. The number of hydrogen-bond acceptors (Lipinski definition) is 4. The zero-order chi connectivity index (χ0) is 23.5. The van der Waals surface area contributed by atoms with Gasteiger partial charge in [0.2, 0.25) is 0 Å². The summed E-state index contributed by atoms with van der Waals surface area (Å²) in [5.41, 5.74) is 2.72. The Labute approximate surface area is 188 Å². The Bertz CT molecular complexity index is 1070. The maximum Gasteiger partial charge on any atom is 0.416 e. The van der Waals surface area contributed by atoms with Crippen molar-refractivity contribution in [3.63, 3.8) is 0 Å². The fourth-order valence-corrected chi connectivity index (χ4v) is 3.75. The number of rotatable bonds is 8. The quantitative estimate of drug-likeness (QED) is 0.377. The highest BCUT2D eigenvalue weighted by atomic mass is 32.2. The van der Waals surface area contributed by atoms with E-state index in [4.69, 9.17) is 4.42 Å². The summed E-state index contributed by atoms with van der Waals surface area (Å²) in [5, 5.41) is 12.5. The van der Waals surface area contributed by atoms with Gasteiger partial charge in [0, 0.05) is 29.1 Å². The van der Waals surface area contributed by atoms with E-state index in [0.717, 1.165) is 28.9 Å². The van der Waals surface area contributed by atoms with Crippen molar-refractivity contribution < 1.29 is 27.5 Å². The molecule has 3 rings (SSSR count). The number of halogens is 3. The fourth-order valence-electron chi connectivity index (χ4n) is 2.90. The smallest absolute Gasteiger partial charge is 0.416 e. The molecule has 0 fully saturated rings. The lowest BCUT2D eigenvalue weighted by molar-refractivity contribution is -0.139. The maximum absolute atomic E-state index is 12.7. The van der Waals surface area contributed by atoms with Crippen molar-refractivity contribution in [2.24, 2.45) is 0 Å². The first-order chi connectivity index (χ1) is 15.0. The van der Waals surface area contributed by atoms with Gasteiger partial charge >= 0.3 is 12.1 Å². The molecule has 0 saturated carbocycles. The van der Waals surface area contributed by atoms with Gasteiger partial charge in [0.15, 0.2) is 0 Å². The molecule has 2 N–H and O–H groups in total. The minimum Gasteiger partial charge on any atom is -0.480 e. The summed E-state index contributed by atoms with van der Waals surface area (Å²) >= 11 is 1.37. The number of carboxylic acids is 1. The number of aryl methyl sites for hydroxylation is 1. The molecule has 0 bridgehead atoms. The first-order valence-electron chi connectivity index (χ1n) is 9.93. The number of benzene rings is 2. The molecule has 0 aliphatic carbocycles. The molecule has 0 aliphatic rings. The average Bonchev–Trinajstić information content (AvgIpc) is 3.11. The predicted molar refractivity (Wildman–Crippen MR) is 121 cm³/mol. The molecular formula is C24H24F3NO3S. The van der Waals surface area contributed by atoms with Crippen molar-refractivity contribution in [2.45, 2.75) is 44.0 Å². The normalized spacial score (nSPS) is 12.1. The molecule has 1 heterocycles. The zero-order valence-corrected chi connectivity index (χ0v) is 18.7. The molecule has 1 aromatic heterocycles. The minimum atomic E-state index is -4.37. The number of carboxylic acid groups (broad SMARTS) is 1. The lowest BCUT2D eigenvalue weighted by Gasteiger charge is -2.18. The second-order valence-electron chi connectivity index (χ2n) is 7.92. The van der Waals surface area contributed by atoms with Crippen LogP contribution in [0.25, 0.3) is 11.3 Å². The van der Waals surface area contributed by atoms with Crippen LogP contribution in [0.15, 0.2) is 59.0 Å². The van der Waals surface area contributed by atoms with Crippen LogP contribution >= 0.6 is 11.8 Å². The van der Waals surface area contributed by atoms with Gasteiger partial charge in [-0.3, -0.25) is 4.79 Å². The highest BCUT2D eigenvalue weighted by molar-refractivity contribution is 8.00. The average molecular weight is 464 g/mol. The Morgan fingerprint density at radius 2 is 1.69 bits per heavy atom. The molecule has 0 atom stereocenters. The molecule has 0 unspecified atom stereocenters. The molecule has 8 heteroatoms. The highest BCUT2D eigenvalue weighted by Crippen LogP contribution is 2.32. The van der Waals surface area contributed by atoms with Crippen LogP contribution in [0.1, 0.15) is 36.3 Å². The van der Waals surface area contributed by atoms with Crippen molar-refractivity contribution in [3.8, 4) is 11.3 Å². The Morgan fingerprint density at radius 3 is 2.25 bits per heavy atom. The van der Waals surface area contributed by atoms with E-state index in [1.54, 1.807) is 13.8 Å². The van der Waals surface area contributed by atoms with E-state index in [-0.39, 0.29) is 0 Å². The minimum absolute atomic E-state index is 0.496. The van der Waals surface area contributed by atoms with Crippen molar-refractivity contribution in [1.29, 1.82) is 0 Å². The number of furan rings is 1. The zero-order valence-electron chi connectivity index (χ0n) is 17.9. The van der Waals surface area contributed by atoms with Gasteiger partial charge in [-0.1, -0.05) is 24.3 Å². The summed E-state index contributed by atoms with van der Waals surface area (Å²) in [6.07, 6.45) is -4.37. The van der Waals surface area contributed by atoms with Crippen LogP contribution in [-0.4, -0.2) is 15.8 Å². The van der Waals surface area contributed by atoms with E-state index in [2.05, 4.69) is 5.32 Å². The van der Waals surface area contributed by atoms with Crippen LogP contribution in [0.4, 0.5) is 18.9 Å². The standard InChI is InChI=1S/C24H24F3NO3S/c1-15-18(12-21(31-15)17-6-8-19(9-7-17)24(25,26)27)13-28-20-10-4-16(5-11-20)14-32-23(2,3)22(29)30/h4-12,28H,13-14H2,1-3H3,(H,29,30). The van der Waals surface area contributed by atoms with Gasteiger partial charge in [0.25, 0.3) is 0 Å². The second kappa shape index (κ2) is 9.32. The number of alkyl halides is 3. The summed E-state index contributed by atoms with van der Waals surface area (Å²) in [6, 6.07) is 14.5. The fraction of sp³-hybridized carbons (Fsp3) is 0.292. The Kier molecular flexibility index (Phi) is 6.93. The molecule has 32 heavy (non-hydrogen) atoms. The van der Waals surface area contributed by atoms with Gasteiger partial charge < -0.3 is 14.8 Å². The van der Waals surface area contributed by atoms with Gasteiger partial charge in [-0.2, -0.15) is 13.2 Å². The summed E-state index contributed by atoms with van der Waals surface area (Å²) < 4.78 is 43.1. The molecule has 170 valence electrons. The molecular weight excluding hydrogens is 439 g/mol. The van der Waals surface area contributed by atoms with Crippen molar-refractivity contribution >= 4 is 23.4 Å². The van der Waals surface area contributed by atoms with Crippen LogP contribution in [0, 0.1) is 6.92 Å². The van der Waals surface area contributed by atoms with Crippen LogP contribution in [0.5, 0.6) is 0 Å². The number of hydrogen-bond donors (Lipinski definition) is 2. The van der Waals surface area contributed by atoms with E-state index in [1.807, 2.05) is 37.3 Å². The maximum atomic E-state index is 12.7. The SMILES string of the molecule is Cc1oc(-c2ccc(C(F)(F)F)cc2)cc1CNc1ccc(CSC(C)(C)C(=O)O)cc1. The van der Waals surface area contributed by atoms with Crippen LogP contribution < -0.4 is 5.32 Å². The van der Waals surface area contributed by atoms with E-state index in [1.165, 1.54) is 23.9 Å². The summed E-state index contributed by atoms with van der Waals surface area (Å²) in [6.45, 7) is 5.68. The van der Waals surface area contributed by atoms with Gasteiger partial charge in [0.05, 0.1) is 5.56 Å². The molecule has 0 spiro atoms. The summed E-state index contributed by atoms with van der Waals surface area (Å²) in [7, 11) is 0. The van der Waals surface area contributed by atoms with Crippen molar-refractivity contribution in [1.82, 2.24) is 0 Å². The first-order valence-corrected chi connectivity index (χ1v) is 10.9. The summed E-state index contributed by atoms with van der Waals surface area (Å²) in [5.74, 6) is 0.960. The monoisotopic (exact) mass is 463 g/mol. The number of thioether (sulfide) groups is 1. The Hall–Kier alpha value is -2.87. The summed E-state index contributed by atoms with van der Waals surface area (Å²) in [4.78, 5) is 11.2. The highest BCUT2D eigenvalue weighted by Gasteiger charge is 2.30. The third-order valence-corrected chi connectivity index (χ3v) is 6.44. The van der Waals surface area contributed by atoms with E-state index in [9.17, 15) is 23.1 Å². The van der Waals surface area contributed by atoms with Crippen LogP contribution in [0.2, 0.25) is 0 Å². The van der Waals surface area contributed by atoms with Crippen LogP contribution in [-0.2, 0) is 23.3 Å². The van der Waals surface area contributed by atoms with E-state index < -0.39 is 22.5 Å². The lowest BCUT2D eigenvalue weighted by atomic mass is 10.1. The number of aliphatic carboxylic acids is 1. The van der Waals surface area contributed by atoms with Gasteiger partial charge in [-0.25, -0.2) is 0 Å². The third-order valence-electron chi connectivity index (χ3n) is 5.07. The largest absolute Gasteiger partial charge is 0.480 e. The Morgan fingerprint density at radius 1 is 1.06 bits per heavy atom. The number of anilines is 1. The van der Waals surface area contributed by atoms with Gasteiger partial charge in [0.1, 0.15) is 16.3 Å². The van der Waals surface area contributed by atoms with E-state index in [0.29, 0.717) is 29.4 Å². The van der Waals surface area contributed by atoms with E-state index >= 15 is 0 Å². The van der Waals surface area contributed by atoms with Crippen molar-refractivity contribution in [2.75, 3.05) is 5.32 Å². The lowest BCUT2D eigenvalue weighted by Crippen LogP contribution is -2.27. The topological polar surface area (TPSA) is 62.5 Å².